The zero-order valence-corrected chi connectivity index (χ0v) is 16.1. The molecule has 1 saturated carbocycles. The Bertz CT molecular complexity index is 785. The number of nitrogens with one attached hydrogen (secondary N) is 1. The highest BCUT2D eigenvalue weighted by molar-refractivity contribution is 7.97. The third kappa shape index (κ3) is 4.23. The van der Waals surface area contributed by atoms with Crippen molar-refractivity contribution in [3.05, 3.63) is 35.6 Å². The Morgan fingerprint density at radius 2 is 2.04 bits per heavy atom. The second-order valence-corrected chi connectivity index (χ2v) is 7.72. The van der Waals surface area contributed by atoms with Crippen molar-refractivity contribution in [3.63, 3.8) is 0 Å². The Morgan fingerprint density at radius 1 is 1.27 bits per heavy atom. The van der Waals surface area contributed by atoms with Gasteiger partial charge in [-0.3, -0.25) is 4.79 Å². The summed E-state index contributed by atoms with van der Waals surface area (Å²) in [6.45, 7) is 1.87. The number of amides is 1. The fourth-order valence-electron chi connectivity index (χ4n) is 3.53. The van der Waals surface area contributed by atoms with E-state index in [0.717, 1.165) is 30.2 Å². The molecule has 26 heavy (non-hydrogen) atoms. The molecule has 0 unspecified atom stereocenters. The number of carbonyl (C=O) groups excluding carboxylic acids is 2. The molecule has 1 aromatic carbocycles. The topological polar surface area (TPSA) is 68.5 Å². The van der Waals surface area contributed by atoms with Gasteiger partial charge in [0.2, 0.25) is 5.76 Å². The summed E-state index contributed by atoms with van der Waals surface area (Å²) in [4.78, 5) is 24.6. The van der Waals surface area contributed by atoms with Gasteiger partial charge >= 0.3 is 5.97 Å². The van der Waals surface area contributed by atoms with Gasteiger partial charge in [-0.25, -0.2) is 4.79 Å². The van der Waals surface area contributed by atoms with Crippen LogP contribution in [0.5, 0.6) is 0 Å². The van der Waals surface area contributed by atoms with Crippen LogP contribution in [0.3, 0.4) is 0 Å². The van der Waals surface area contributed by atoms with E-state index >= 15 is 0 Å². The van der Waals surface area contributed by atoms with Crippen LogP contribution in [0, 0.1) is 5.92 Å². The summed E-state index contributed by atoms with van der Waals surface area (Å²) in [6, 6.07) is 7.71. The van der Waals surface area contributed by atoms with Crippen LogP contribution in [0.1, 0.15) is 48.7 Å². The number of rotatable bonds is 6. The van der Waals surface area contributed by atoms with Gasteiger partial charge in [-0.2, -0.15) is 11.8 Å². The van der Waals surface area contributed by atoms with Crippen molar-refractivity contribution in [1.82, 2.24) is 5.32 Å². The molecule has 1 fully saturated rings. The fraction of sp³-hybridized carbons (Fsp3) is 0.500. The molecule has 1 amide bonds. The molecule has 1 aromatic heterocycles. The summed E-state index contributed by atoms with van der Waals surface area (Å²) in [5.74, 6) is 0.468. The van der Waals surface area contributed by atoms with Gasteiger partial charge in [0.05, 0.1) is 0 Å². The second kappa shape index (κ2) is 8.62. The van der Waals surface area contributed by atoms with E-state index in [1.165, 1.54) is 6.42 Å². The van der Waals surface area contributed by atoms with Crippen molar-refractivity contribution in [2.24, 2.45) is 5.92 Å². The fourth-order valence-corrected chi connectivity index (χ4v) is 4.10. The van der Waals surface area contributed by atoms with Crippen molar-refractivity contribution in [3.8, 4) is 0 Å². The predicted molar refractivity (Wildman–Crippen MR) is 103 cm³/mol. The Kier molecular flexibility index (Phi) is 6.25. The van der Waals surface area contributed by atoms with Crippen LogP contribution < -0.4 is 5.32 Å². The SMILES string of the molecule is CSCc1c(C(=O)OCC(=O)N[C@@H]2CCCC[C@H]2C)oc2ccccc12. The van der Waals surface area contributed by atoms with E-state index in [9.17, 15) is 9.59 Å². The van der Waals surface area contributed by atoms with Gasteiger partial charge in [0.1, 0.15) is 5.58 Å². The molecule has 0 aliphatic heterocycles. The van der Waals surface area contributed by atoms with Gasteiger partial charge in [-0.05, 0) is 31.1 Å². The minimum atomic E-state index is -0.586. The lowest BCUT2D eigenvalue weighted by Gasteiger charge is -2.29. The molecule has 0 radical (unpaired) electrons. The Balaban J connectivity index is 1.63. The summed E-state index contributed by atoms with van der Waals surface area (Å²) >= 11 is 1.61. The van der Waals surface area contributed by atoms with E-state index in [4.69, 9.17) is 9.15 Å². The van der Waals surface area contributed by atoms with Gasteiger partial charge in [-0.15, -0.1) is 0 Å². The van der Waals surface area contributed by atoms with Crippen molar-refractivity contribution in [1.29, 1.82) is 0 Å². The number of benzene rings is 1. The summed E-state index contributed by atoms with van der Waals surface area (Å²) in [5, 5.41) is 3.90. The normalized spacial score (nSPS) is 20.1. The molecule has 1 aliphatic carbocycles. The minimum absolute atomic E-state index is 0.174. The number of furan rings is 1. The zero-order chi connectivity index (χ0) is 18.5. The van der Waals surface area contributed by atoms with E-state index in [-0.39, 0.29) is 24.3 Å². The maximum Gasteiger partial charge on any atom is 0.375 e. The molecule has 0 bridgehead atoms. The number of hydrogen-bond donors (Lipinski definition) is 1. The smallest absolute Gasteiger partial charge is 0.375 e. The van der Waals surface area contributed by atoms with Crippen molar-refractivity contribution < 1.29 is 18.7 Å². The Hall–Kier alpha value is -1.95. The van der Waals surface area contributed by atoms with Crippen LogP contribution in [0.2, 0.25) is 0 Å². The summed E-state index contributed by atoms with van der Waals surface area (Å²) < 4.78 is 10.9. The molecule has 1 N–H and O–H groups in total. The maximum absolute atomic E-state index is 12.5. The van der Waals surface area contributed by atoms with Crippen LogP contribution in [0.25, 0.3) is 11.0 Å². The quantitative estimate of drug-likeness (QED) is 0.768. The predicted octanol–water partition coefficient (Wildman–Crippen LogP) is 4.15. The third-order valence-corrected chi connectivity index (χ3v) is 5.54. The summed E-state index contributed by atoms with van der Waals surface area (Å²) in [6.07, 6.45) is 6.43. The van der Waals surface area contributed by atoms with E-state index in [2.05, 4.69) is 12.2 Å². The maximum atomic E-state index is 12.5. The summed E-state index contributed by atoms with van der Waals surface area (Å²) in [5.41, 5.74) is 1.48. The van der Waals surface area contributed by atoms with Crippen LogP contribution in [-0.4, -0.2) is 30.8 Å². The lowest BCUT2D eigenvalue weighted by atomic mass is 9.86. The number of thioether (sulfide) groups is 1. The lowest BCUT2D eigenvalue weighted by molar-refractivity contribution is -0.125. The average molecular weight is 375 g/mol. The highest BCUT2D eigenvalue weighted by Crippen LogP contribution is 2.29. The molecule has 2 aromatic rings. The van der Waals surface area contributed by atoms with Crippen LogP contribution in [-0.2, 0) is 15.3 Å². The number of hydrogen-bond acceptors (Lipinski definition) is 5. The van der Waals surface area contributed by atoms with Crippen molar-refractivity contribution in [2.45, 2.75) is 44.4 Å². The molecular weight excluding hydrogens is 350 g/mol. The van der Waals surface area contributed by atoms with Crippen LogP contribution >= 0.6 is 11.8 Å². The molecule has 0 saturated heterocycles. The standard InChI is InChI=1S/C20H25NO4S/c1-13-7-3-5-9-16(13)21-18(22)11-24-20(23)19-15(12-26-2)14-8-4-6-10-17(14)25-19/h4,6,8,10,13,16H,3,5,7,9,11-12H2,1-2H3,(H,21,22)/t13-,16-/m1/s1. The van der Waals surface area contributed by atoms with E-state index in [1.54, 1.807) is 11.8 Å². The molecule has 0 spiro atoms. The van der Waals surface area contributed by atoms with E-state index < -0.39 is 5.97 Å². The number of fused-ring (bicyclic) bond motifs is 1. The van der Waals surface area contributed by atoms with E-state index in [0.29, 0.717) is 17.3 Å². The molecule has 140 valence electrons. The highest BCUT2D eigenvalue weighted by atomic mass is 32.2. The molecule has 5 nitrogen and oxygen atoms in total. The van der Waals surface area contributed by atoms with Crippen LogP contribution in [0.15, 0.2) is 28.7 Å². The summed E-state index contributed by atoms with van der Waals surface area (Å²) in [7, 11) is 0. The molecule has 6 heteroatoms. The largest absolute Gasteiger partial charge is 0.450 e. The first-order valence-electron chi connectivity index (χ1n) is 9.06. The third-order valence-electron chi connectivity index (χ3n) is 4.96. The zero-order valence-electron chi connectivity index (χ0n) is 15.2. The first kappa shape index (κ1) is 18.8. The average Bonchev–Trinajstić information content (AvgIpc) is 3.01. The number of para-hydroxylation sites is 1. The first-order chi connectivity index (χ1) is 12.6. The van der Waals surface area contributed by atoms with E-state index in [1.807, 2.05) is 30.5 Å². The molecule has 1 heterocycles. The van der Waals surface area contributed by atoms with Gasteiger partial charge < -0.3 is 14.5 Å². The van der Waals surface area contributed by atoms with Crippen molar-refractivity contribution in [2.75, 3.05) is 12.9 Å². The minimum Gasteiger partial charge on any atom is -0.450 e. The Morgan fingerprint density at radius 3 is 2.81 bits per heavy atom. The van der Waals surface area contributed by atoms with Gasteiger partial charge in [0.25, 0.3) is 5.91 Å². The molecule has 3 rings (SSSR count). The molecule has 2 atom stereocenters. The van der Waals surface area contributed by atoms with Crippen LogP contribution in [0.4, 0.5) is 0 Å². The number of carbonyl (C=O) groups is 2. The number of ether oxygens (including phenoxy) is 1. The molecular formula is C20H25NO4S. The highest BCUT2D eigenvalue weighted by Gasteiger charge is 2.25. The van der Waals surface area contributed by atoms with Gasteiger partial charge in [-0.1, -0.05) is 38.0 Å². The van der Waals surface area contributed by atoms with Gasteiger partial charge in [0.15, 0.2) is 6.61 Å². The molecule has 1 aliphatic rings. The monoisotopic (exact) mass is 375 g/mol. The van der Waals surface area contributed by atoms with Gasteiger partial charge in [0, 0.05) is 22.7 Å². The lowest BCUT2D eigenvalue weighted by Crippen LogP contribution is -2.42. The number of esters is 1. The first-order valence-corrected chi connectivity index (χ1v) is 10.5. The Labute approximate surface area is 157 Å². The second-order valence-electron chi connectivity index (χ2n) is 6.85. The van der Waals surface area contributed by atoms with Crippen molar-refractivity contribution >= 4 is 34.6 Å².